The molecule has 106 valence electrons. The molecule has 1 N–H and O–H groups in total. The smallest absolute Gasteiger partial charge is 0.0416 e. The molecule has 0 aliphatic heterocycles. The maximum atomic E-state index is 4.32. The second-order valence-electron chi connectivity index (χ2n) is 5.66. The number of benzene rings is 1. The molecule has 0 bridgehead atoms. The fraction of sp³-hybridized carbons (Fsp3) is 0.389. The fourth-order valence-corrected chi connectivity index (χ4v) is 2.26. The molecule has 2 aromatic rings. The van der Waals surface area contributed by atoms with Crippen LogP contribution in [0.2, 0.25) is 0 Å². The van der Waals surface area contributed by atoms with Gasteiger partial charge in [0.05, 0.1) is 0 Å². The van der Waals surface area contributed by atoms with Crippen LogP contribution in [0.5, 0.6) is 0 Å². The summed E-state index contributed by atoms with van der Waals surface area (Å²) < 4.78 is 0. The molecule has 2 nitrogen and oxygen atoms in total. The molecule has 0 unspecified atom stereocenters. The van der Waals surface area contributed by atoms with Crippen LogP contribution in [0.25, 0.3) is 0 Å². The number of nitrogens with zero attached hydrogens (tertiary/aromatic N) is 1. The van der Waals surface area contributed by atoms with Gasteiger partial charge in [0, 0.05) is 31.4 Å². The van der Waals surface area contributed by atoms with Gasteiger partial charge in [-0.05, 0) is 35.6 Å². The van der Waals surface area contributed by atoms with Crippen molar-refractivity contribution in [1.82, 2.24) is 10.3 Å². The number of rotatable bonds is 7. The molecular formula is C18H24N2. The van der Waals surface area contributed by atoms with E-state index in [1.54, 1.807) is 0 Å². The van der Waals surface area contributed by atoms with Crippen LogP contribution in [-0.2, 0) is 19.4 Å². The van der Waals surface area contributed by atoms with Crippen molar-refractivity contribution in [2.24, 2.45) is 5.92 Å². The molecular weight excluding hydrogens is 244 g/mol. The number of hydrogen-bond acceptors (Lipinski definition) is 2. The Morgan fingerprint density at radius 1 is 1.00 bits per heavy atom. The third-order valence-electron chi connectivity index (χ3n) is 3.28. The molecule has 1 aromatic heterocycles. The Labute approximate surface area is 122 Å². The molecule has 20 heavy (non-hydrogen) atoms. The normalized spacial score (nSPS) is 10.9. The van der Waals surface area contributed by atoms with Crippen LogP contribution in [0.1, 0.15) is 30.7 Å². The molecule has 0 fully saturated rings. The summed E-state index contributed by atoms with van der Waals surface area (Å²) in [6.07, 6.45) is 3.99. The summed E-state index contributed by atoms with van der Waals surface area (Å²) in [5, 5.41) is 3.47. The number of hydrogen-bond donors (Lipinski definition) is 1. The minimum absolute atomic E-state index is 0.720. The molecule has 0 amide bonds. The molecule has 0 radical (unpaired) electrons. The third-order valence-corrected chi connectivity index (χ3v) is 3.28. The molecule has 0 atom stereocenters. The van der Waals surface area contributed by atoms with Gasteiger partial charge in [0.15, 0.2) is 0 Å². The van der Waals surface area contributed by atoms with Gasteiger partial charge in [-0.2, -0.15) is 0 Å². The van der Waals surface area contributed by atoms with Gasteiger partial charge in [0.2, 0.25) is 0 Å². The maximum absolute atomic E-state index is 4.32. The Balaban J connectivity index is 1.71. The van der Waals surface area contributed by atoms with Crippen LogP contribution in [0, 0.1) is 5.92 Å². The quantitative estimate of drug-likeness (QED) is 0.776. The van der Waals surface area contributed by atoms with Crippen molar-refractivity contribution in [2.75, 3.05) is 6.54 Å². The highest BCUT2D eigenvalue weighted by Gasteiger charge is 1.98. The van der Waals surface area contributed by atoms with E-state index in [4.69, 9.17) is 0 Å². The maximum Gasteiger partial charge on any atom is 0.0416 e. The highest BCUT2D eigenvalue weighted by atomic mass is 14.8. The molecule has 2 rings (SSSR count). The van der Waals surface area contributed by atoms with Gasteiger partial charge >= 0.3 is 0 Å². The van der Waals surface area contributed by atoms with Crippen molar-refractivity contribution in [3.63, 3.8) is 0 Å². The zero-order valence-corrected chi connectivity index (χ0v) is 12.5. The monoisotopic (exact) mass is 268 g/mol. The minimum atomic E-state index is 0.720. The largest absolute Gasteiger partial charge is 0.312 e. The van der Waals surface area contributed by atoms with Crippen molar-refractivity contribution in [3.05, 3.63) is 65.5 Å². The van der Waals surface area contributed by atoms with Crippen LogP contribution in [0.3, 0.4) is 0 Å². The molecule has 1 aromatic carbocycles. The second-order valence-corrected chi connectivity index (χ2v) is 5.66. The lowest BCUT2D eigenvalue weighted by Crippen LogP contribution is -2.17. The van der Waals surface area contributed by atoms with Crippen molar-refractivity contribution in [1.29, 1.82) is 0 Å². The Morgan fingerprint density at radius 3 is 2.40 bits per heavy atom. The summed E-state index contributed by atoms with van der Waals surface area (Å²) in [5.74, 6) is 0.720. The first-order valence-corrected chi connectivity index (χ1v) is 7.42. The minimum Gasteiger partial charge on any atom is -0.312 e. The van der Waals surface area contributed by atoms with Crippen molar-refractivity contribution >= 4 is 0 Å². The molecule has 0 saturated heterocycles. The van der Waals surface area contributed by atoms with Gasteiger partial charge in [-0.3, -0.25) is 4.98 Å². The van der Waals surface area contributed by atoms with E-state index >= 15 is 0 Å². The topological polar surface area (TPSA) is 24.9 Å². The lowest BCUT2D eigenvalue weighted by Gasteiger charge is -2.07. The first-order chi connectivity index (χ1) is 9.74. The first-order valence-electron chi connectivity index (χ1n) is 7.42. The Hall–Kier alpha value is -1.67. The van der Waals surface area contributed by atoms with E-state index in [0.29, 0.717) is 0 Å². The second kappa shape index (κ2) is 7.81. The summed E-state index contributed by atoms with van der Waals surface area (Å²) in [6, 6.07) is 15.0. The summed E-state index contributed by atoms with van der Waals surface area (Å²) >= 11 is 0. The van der Waals surface area contributed by atoms with Crippen LogP contribution in [0.15, 0.2) is 48.7 Å². The van der Waals surface area contributed by atoms with Gasteiger partial charge in [-0.15, -0.1) is 0 Å². The lowest BCUT2D eigenvalue weighted by molar-refractivity contribution is 0.646. The first kappa shape index (κ1) is 14.7. The number of nitrogens with one attached hydrogen (secondary N) is 1. The van der Waals surface area contributed by atoms with Crippen molar-refractivity contribution in [2.45, 2.75) is 33.2 Å². The van der Waals surface area contributed by atoms with Gasteiger partial charge in [0.25, 0.3) is 0 Å². The Kier molecular flexibility index (Phi) is 5.75. The highest BCUT2D eigenvalue weighted by molar-refractivity contribution is 5.22. The van der Waals surface area contributed by atoms with Gasteiger partial charge < -0.3 is 5.32 Å². The Morgan fingerprint density at radius 2 is 1.75 bits per heavy atom. The van der Waals surface area contributed by atoms with Crippen molar-refractivity contribution in [3.8, 4) is 0 Å². The predicted molar refractivity (Wildman–Crippen MR) is 84.6 cm³/mol. The summed E-state index contributed by atoms with van der Waals surface area (Å²) in [7, 11) is 0. The van der Waals surface area contributed by atoms with E-state index < -0.39 is 0 Å². The number of pyridine rings is 1. The van der Waals surface area contributed by atoms with E-state index in [2.05, 4.69) is 54.5 Å². The van der Waals surface area contributed by atoms with Gasteiger partial charge in [0.1, 0.15) is 0 Å². The summed E-state index contributed by atoms with van der Waals surface area (Å²) in [6.45, 7) is 6.40. The average Bonchev–Trinajstić information content (AvgIpc) is 2.46. The van der Waals surface area contributed by atoms with Crippen LogP contribution in [0.4, 0.5) is 0 Å². The zero-order chi connectivity index (χ0) is 14.2. The van der Waals surface area contributed by atoms with Crippen LogP contribution < -0.4 is 5.32 Å². The number of aromatic nitrogens is 1. The van der Waals surface area contributed by atoms with Crippen LogP contribution in [-0.4, -0.2) is 11.5 Å². The van der Waals surface area contributed by atoms with E-state index in [0.717, 1.165) is 37.5 Å². The molecule has 1 heterocycles. The van der Waals surface area contributed by atoms with E-state index in [1.165, 1.54) is 11.1 Å². The van der Waals surface area contributed by atoms with Crippen molar-refractivity contribution < 1.29 is 0 Å². The SMILES string of the molecule is CC(C)Cc1ccc(CNCCc2ccccn2)cc1. The zero-order valence-electron chi connectivity index (χ0n) is 12.5. The van der Waals surface area contributed by atoms with E-state index in [1.807, 2.05) is 18.3 Å². The molecule has 0 saturated carbocycles. The average molecular weight is 268 g/mol. The van der Waals surface area contributed by atoms with E-state index in [-0.39, 0.29) is 0 Å². The summed E-state index contributed by atoms with van der Waals surface area (Å²) in [4.78, 5) is 4.32. The summed E-state index contributed by atoms with van der Waals surface area (Å²) in [5.41, 5.74) is 3.92. The fourth-order valence-electron chi connectivity index (χ4n) is 2.26. The standard InChI is InChI=1S/C18H24N2/c1-15(2)13-16-6-8-17(9-7-16)14-19-12-10-18-5-3-4-11-20-18/h3-9,11,15,19H,10,12-14H2,1-2H3. The van der Waals surface area contributed by atoms with Gasteiger partial charge in [-0.25, -0.2) is 0 Å². The van der Waals surface area contributed by atoms with Gasteiger partial charge in [-0.1, -0.05) is 44.2 Å². The molecule has 0 aliphatic rings. The third kappa shape index (κ3) is 5.14. The highest BCUT2D eigenvalue weighted by Crippen LogP contribution is 2.09. The lowest BCUT2D eigenvalue weighted by atomic mass is 10.0. The molecule has 2 heteroatoms. The molecule has 0 spiro atoms. The Bertz CT molecular complexity index is 489. The molecule has 0 aliphatic carbocycles. The van der Waals surface area contributed by atoms with Crippen LogP contribution >= 0.6 is 0 Å². The predicted octanol–water partition coefficient (Wildman–Crippen LogP) is 3.61. The van der Waals surface area contributed by atoms with E-state index in [9.17, 15) is 0 Å².